The molecular formula is C16H23NO6S2. The lowest BCUT2D eigenvalue weighted by Gasteiger charge is -2.30. The molecule has 1 heterocycles. The van der Waals surface area contributed by atoms with E-state index < -0.39 is 22.0 Å². The second-order valence-corrected chi connectivity index (χ2v) is 9.23. The van der Waals surface area contributed by atoms with Crippen LogP contribution in [0, 0.1) is 6.92 Å². The van der Waals surface area contributed by atoms with Crippen LogP contribution in [-0.2, 0) is 19.5 Å². The van der Waals surface area contributed by atoms with Crippen molar-refractivity contribution in [1.82, 2.24) is 4.31 Å². The van der Waals surface area contributed by atoms with Gasteiger partial charge in [0.1, 0.15) is 4.88 Å². The number of rotatable bonds is 5. The van der Waals surface area contributed by atoms with E-state index in [2.05, 4.69) is 0 Å². The monoisotopic (exact) mass is 389 g/mol. The maximum Gasteiger partial charge on any atom is 0.348 e. The first-order valence-corrected chi connectivity index (χ1v) is 10.3. The van der Waals surface area contributed by atoms with Gasteiger partial charge in [0.15, 0.2) is 4.21 Å². The SMILES string of the molecule is COC(=O)c1sc(S(=O)(=O)N(C)C2CCCCC2)c(C(=O)OC)c1C. The van der Waals surface area contributed by atoms with Crippen LogP contribution in [0.3, 0.4) is 0 Å². The third kappa shape index (κ3) is 3.73. The van der Waals surface area contributed by atoms with Gasteiger partial charge in [0.05, 0.1) is 19.8 Å². The number of esters is 2. The van der Waals surface area contributed by atoms with E-state index in [0.29, 0.717) is 0 Å². The number of hydrogen-bond donors (Lipinski definition) is 0. The number of carbonyl (C=O) groups excluding carboxylic acids is 2. The van der Waals surface area contributed by atoms with Gasteiger partial charge < -0.3 is 9.47 Å². The molecule has 0 aliphatic heterocycles. The van der Waals surface area contributed by atoms with Crippen LogP contribution in [0.4, 0.5) is 0 Å². The summed E-state index contributed by atoms with van der Waals surface area (Å²) < 4.78 is 36.9. The van der Waals surface area contributed by atoms with E-state index in [1.165, 1.54) is 32.5 Å². The Balaban J connectivity index is 2.55. The lowest BCUT2D eigenvalue weighted by atomic mass is 9.96. The Morgan fingerprint density at radius 1 is 1.08 bits per heavy atom. The number of ether oxygens (including phenoxy) is 2. The minimum atomic E-state index is -3.92. The number of thiophene rings is 1. The first kappa shape index (κ1) is 19.9. The highest BCUT2D eigenvalue weighted by atomic mass is 32.2. The molecule has 0 aromatic carbocycles. The Labute approximate surface area is 152 Å². The first-order valence-electron chi connectivity index (χ1n) is 8.03. The highest BCUT2D eigenvalue weighted by molar-refractivity contribution is 7.91. The number of methoxy groups -OCH3 is 2. The summed E-state index contributed by atoms with van der Waals surface area (Å²) in [5.74, 6) is -1.45. The van der Waals surface area contributed by atoms with Crippen molar-refractivity contribution in [3.05, 3.63) is 16.0 Å². The molecule has 1 aliphatic rings. The quantitative estimate of drug-likeness (QED) is 0.719. The molecule has 1 aromatic rings. The van der Waals surface area contributed by atoms with E-state index >= 15 is 0 Å². The Kier molecular flexibility index (Phi) is 6.23. The van der Waals surface area contributed by atoms with Crippen molar-refractivity contribution in [2.45, 2.75) is 49.3 Å². The van der Waals surface area contributed by atoms with E-state index in [0.717, 1.165) is 43.4 Å². The molecule has 2 rings (SSSR count). The highest BCUT2D eigenvalue weighted by Crippen LogP contribution is 2.36. The summed E-state index contributed by atoms with van der Waals surface area (Å²) in [6.45, 7) is 1.52. The van der Waals surface area contributed by atoms with Crippen molar-refractivity contribution in [3.8, 4) is 0 Å². The molecule has 0 saturated heterocycles. The van der Waals surface area contributed by atoms with Gasteiger partial charge >= 0.3 is 11.9 Å². The summed E-state index contributed by atoms with van der Waals surface area (Å²) >= 11 is 0.757. The van der Waals surface area contributed by atoms with Gasteiger partial charge in [-0.15, -0.1) is 11.3 Å². The van der Waals surface area contributed by atoms with Gasteiger partial charge in [-0.25, -0.2) is 18.0 Å². The van der Waals surface area contributed by atoms with Crippen LogP contribution < -0.4 is 0 Å². The van der Waals surface area contributed by atoms with E-state index in [4.69, 9.17) is 9.47 Å². The normalized spacial score (nSPS) is 16.0. The van der Waals surface area contributed by atoms with Crippen molar-refractivity contribution in [2.75, 3.05) is 21.3 Å². The van der Waals surface area contributed by atoms with Gasteiger partial charge in [0.2, 0.25) is 0 Å². The minimum Gasteiger partial charge on any atom is -0.465 e. The van der Waals surface area contributed by atoms with Crippen molar-refractivity contribution < 1.29 is 27.5 Å². The van der Waals surface area contributed by atoms with Crippen LogP contribution >= 0.6 is 11.3 Å². The average Bonchev–Trinajstić information content (AvgIpc) is 2.98. The molecule has 0 atom stereocenters. The summed E-state index contributed by atoms with van der Waals surface area (Å²) in [5, 5.41) is 0. The van der Waals surface area contributed by atoms with Crippen LogP contribution in [0.25, 0.3) is 0 Å². The molecule has 7 nitrogen and oxygen atoms in total. The van der Waals surface area contributed by atoms with Crippen LogP contribution in [0.2, 0.25) is 0 Å². The molecule has 1 aromatic heterocycles. The number of sulfonamides is 1. The Morgan fingerprint density at radius 2 is 1.64 bits per heavy atom. The fourth-order valence-electron chi connectivity index (χ4n) is 3.07. The smallest absolute Gasteiger partial charge is 0.348 e. The maximum absolute atomic E-state index is 13.1. The van der Waals surface area contributed by atoms with E-state index in [9.17, 15) is 18.0 Å². The zero-order valence-corrected chi connectivity index (χ0v) is 16.5. The molecule has 0 spiro atoms. The fourth-order valence-corrected chi connectivity index (χ4v) is 6.40. The number of hydrogen-bond acceptors (Lipinski definition) is 7. The topological polar surface area (TPSA) is 90.0 Å². The second-order valence-electron chi connectivity index (χ2n) is 6.01. The van der Waals surface area contributed by atoms with Crippen LogP contribution in [0.5, 0.6) is 0 Å². The van der Waals surface area contributed by atoms with Crippen molar-refractivity contribution in [3.63, 3.8) is 0 Å². The standard InChI is InChI=1S/C16H23NO6S2/c1-10-12(14(18)22-3)16(24-13(10)15(19)23-4)25(20,21)17(2)11-8-6-5-7-9-11/h11H,5-9H2,1-4H3. The molecule has 25 heavy (non-hydrogen) atoms. The molecule has 1 saturated carbocycles. The Morgan fingerprint density at radius 3 is 2.16 bits per heavy atom. The molecular weight excluding hydrogens is 366 g/mol. The van der Waals surface area contributed by atoms with Crippen LogP contribution in [-0.4, -0.2) is 52.0 Å². The van der Waals surface area contributed by atoms with Gasteiger partial charge in [-0.1, -0.05) is 19.3 Å². The van der Waals surface area contributed by atoms with Gasteiger partial charge in [0, 0.05) is 13.1 Å². The highest BCUT2D eigenvalue weighted by Gasteiger charge is 2.37. The summed E-state index contributed by atoms with van der Waals surface area (Å²) in [6.07, 6.45) is 4.63. The molecule has 0 amide bonds. The predicted octanol–water partition coefficient (Wildman–Crippen LogP) is 2.58. The fraction of sp³-hybridized carbons (Fsp3) is 0.625. The molecule has 140 valence electrons. The van der Waals surface area contributed by atoms with Gasteiger partial charge in [-0.3, -0.25) is 0 Å². The molecule has 0 N–H and O–H groups in total. The summed E-state index contributed by atoms with van der Waals surface area (Å²) in [5.41, 5.74) is 0.176. The second kappa shape index (κ2) is 7.84. The zero-order chi connectivity index (χ0) is 18.8. The van der Waals surface area contributed by atoms with E-state index in [1.807, 2.05) is 0 Å². The minimum absolute atomic E-state index is 0.0874. The number of nitrogens with zero attached hydrogens (tertiary/aromatic N) is 1. The Bertz CT molecular complexity index is 762. The average molecular weight is 389 g/mol. The first-order chi connectivity index (χ1) is 11.8. The summed E-state index contributed by atoms with van der Waals surface area (Å²) in [6, 6.07) is -0.103. The molecule has 0 radical (unpaired) electrons. The lowest BCUT2D eigenvalue weighted by Crippen LogP contribution is -2.38. The molecule has 9 heteroatoms. The molecule has 0 bridgehead atoms. The third-order valence-electron chi connectivity index (χ3n) is 4.58. The third-order valence-corrected chi connectivity index (χ3v) is 8.25. The van der Waals surface area contributed by atoms with Crippen LogP contribution in [0.15, 0.2) is 4.21 Å². The molecule has 0 unspecified atom stereocenters. The summed E-state index contributed by atoms with van der Waals surface area (Å²) in [4.78, 5) is 24.2. The maximum atomic E-state index is 13.1. The Hall–Kier alpha value is -1.45. The molecule has 1 fully saturated rings. The largest absolute Gasteiger partial charge is 0.465 e. The number of carbonyl (C=O) groups is 2. The van der Waals surface area contributed by atoms with Crippen molar-refractivity contribution in [1.29, 1.82) is 0 Å². The molecule has 1 aliphatic carbocycles. The van der Waals surface area contributed by atoms with Crippen LogP contribution in [0.1, 0.15) is 57.7 Å². The van der Waals surface area contributed by atoms with E-state index in [1.54, 1.807) is 0 Å². The van der Waals surface area contributed by atoms with Gasteiger partial charge in [-0.05, 0) is 25.3 Å². The van der Waals surface area contributed by atoms with Gasteiger partial charge in [0.25, 0.3) is 10.0 Å². The van der Waals surface area contributed by atoms with Gasteiger partial charge in [-0.2, -0.15) is 4.31 Å². The predicted molar refractivity (Wildman–Crippen MR) is 93.6 cm³/mol. The van der Waals surface area contributed by atoms with Crippen molar-refractivity contribution >= 4 is 33.3 Å². The zero-order valence-electron chi connectivity index (χ0n) is 14.8. The van der Waals surface area contributed by atoms with E-state index in [-0.39, 0.29) is 26.3 Å². The summed E-state index contributed by atoms with van der Waals surface area (Å²) in [7, 11) is -0.00848. The lowest BCUT2D eigenvalue weighted by molar-refractivity contribution is 0.0596. The van der Waals surface area contributed by atoms with Crippen molar-refractivity contribution in [2.24, 2.45) is 0 Å².